The number of hydrogen-bond donors (Lipinski definition) is 3. The van der Waals surface area contributed by atoms with Gasteiger partial charge in [0.25, 0.3) is 0 Å². The maximum atomic E-state index is 11.8. The predicted molar refractivity (Wildman–Crippen MR) is 102 cm³/mol. The maximum Gasteiger partial charge on any atom is 0.234 e. The lowest BCUT2D eigenvalue weighted by atomic mass is 10.1. The maximum absolute atomic E-state index is 11.8. The lowest BCUT2D eigenvalue weighted by Crippen LogP contribution is -2.54. The summed E-state index contributed by atoms with van der Waals surface area (Å²) in [5, 5.41) is 9.72. The van der Waals surface area contributed by atoms with Gasteiger partial charge in [0.1, 0.15) is 0 Å². The number of methoxy groups -OCH3 is 1. The Morgan fingerprint density at radius 3 is 2.32 bits per heavy atom. The van der Waals surface area contributed by atoms with Gasteiger partial charge in [0.05, 0.1) is 13.2 Å². The van der Waals surface area contributed by atoms with E-state index in [-0.39, 0.29) is 11.4 Å². The Morgan fingerprint density at radius 1 is 1.08 bits per heavy atom. The van der Waals surface area contributed by atoms with Gasteiger partial charge in [0.15, 0.2) is 5.96 Å². The molecule has 146 valence electrons. The number of carbonyl (C=O) groups excluding carboxylic acids is 1. The average molecular weight is 357 g/mol. The number of rotatable bonds is 8. The van der Waals surface area contributed by atoms with Gasteiger partial charge < -0.3 is 25.6 Å². The molecule has 0 bridgehead atoms. The molecule has 0 atom stereocenters. The van der Waals surface area contributed by atoms with Gasteiger partial charge in [-0.05, 0) is 20.8 Å². The minimum absolute atomic E-state index is 0.0567. The van der Waals surface area contributed by atoms with E-state index in [2.05, 4.69) is 51.5 Å². The van der Waals surface area contributed by atoms with E-state index in [9.17, 15) is 4.79 Å². The molecule has 0 aromatic heterocycles. The van der Waals surface area contributed by atoms with E-state index < -0.39 is 0 Å². The molecule has 0 aliphatic carbocycles. The van der Waals surface area contributed by atoms with Crippen molar-refractivity contribution in [3.63, 3.8) is 0 Å². The van der Waals surface area contributed by atoms with Gasteiger partial charge in [-0.3, -0.25) is 14.7 Å². The zero-order chi connectivity index (χ0) is 18.7. The number of nitrogens with zero attached hydrogens (tertiary/aromatic N) is 3. The van der Waals surface area contributed by atoms with Gasteiger partial charge in [0.2, 0.25) is 5.91 Å². The first-order chi connectivity index (χ1) is 11.9. The highest BCUT2D eigenvalue weighted by Gasteiger charge is 2.21. The number of hydrogen-bond acceptors (Lipinski definition) is 5. The van der Waals surface area contributed by atoms with Crippen LogP contribution < -0.4 is 16.0 Å². The molecule has 1 saturated heterocycles. The highest BCUT2D eigenvalue weighted by Crippen LogP contribution is 2.02. The third-order valence-electron chi connectivity index (χ3n) is 3.94. The second kappa shape index (κ2) is 11.3. The molecule has 3 N–H and O–H groups in total. The summed E-state index contributed by atoms with van der Waals surface area (Å²) in [6, 6.07) is 0. The highest BCUT2D eigenvalue weighted by atomic mass is 16.5. The van der Waals surface area contributed by atoms with Crippen molar-refractivity contribution in [3.05, 3.63) is 0 Å². The molecule has 1 amide bonds. The van der Waals surface area contributed by atoms with Crippen LogP contribution in [0.25, 0.3) is 0 Å². The molecular weight excluding hydrogens is 320 g/mol. The van der Waals surface area contributed by atoms with Gasteiger partial charge >= 0.3 is 0 Å². The molecule has 0 aromatic rings. The zero-order valence-electron chi connectivity index (χ0n) is 16.5. The lowest BCUT2D eigenvalue weighted by molar-refractivity contribution is -0.122. The van der Waals surface area contributed by atoms with E-state index in [1.165, 1.54) is 0 Å². The normalized spacial score (nSPS) is 16.8. The minimum atomic E-state index is 0.0567. The summed E-state index contributed by atoms with van der Waals surface area (Å²) in [4.78, 5) is 20.6. The van der Waals surface area contributed by atoms with Crippen molar-refractivity contribution >= 4 is 11.9 Å². The number of ether oxygens (including phenoxy) is 1. The number of nitrogens with one attached hydrogen (secondary N) is 3. The Bertz CT molecular complexity index is 414. The Hall–Kier alpha value is -1.38. The van der Waals surface area contributed by atoms with Crippen LogP contribution in [-0.4, -0.2) is 100 Å². The summed E-state index contributed by atoms with van der Waals surface area (Å²) in [6.45, 7) is 13.2. The molecule has 1 rings (SSSR count). The van der Waals surface area contributed by atoms with E-state index in [1.807, 2.05) is 7.05 Å². The van der Waals surface area contributed by atoms with Gasteiger partial charge in [-0.15, -0.1) is 0 Å². The summed E-state index contributed by atoms with van der Waals surface area (Å²) < 4.78 is 4.93. The lowest BCUT2D eigenvalue weighted by Gasteiger charge is -2.36. The SMILES string of the molecule is CN=C(NCCNC(C)(C)C)N1CCN(CC(=O)NCCOC)CC1. The largest absolute Gasteiger partial charge is 0.383 e. The van der Waals surface area contributed by atoms with Crippen LogP contribution in [0.3, 0.4) is 0 Å². The van der Waals surface area contributed by atoms with Gasteiger partial charge in [0, 0.05) is 65.5 Å². The van der Waals surface area contributed by atoms with Crippen molar-refractivity contribution in [1.82, 2.24) is 25.8 Å². The quantitative estimate of drug-likeness (QED) is 0.304. The molecular formula is C17H36N6O2. The number of amides is 1. The molecule has 0 radical (unpaired) electrons. The molecule has 8 heteroatoms. The third kappa shape index (κ3) is 9.62. The van der Waals surface area contributed by atoms with E-state index >= 15 is 0 Å². The van der Waals surface area contributed by atoms with Crippen LogP contribution in [0.15, 0.2) is 4.99 Å². The first-order valence-corrected chi connectivity index (χ1v) is 9.04. The van der Waals surface area contributed by atoms with E-state index in [0.717, 1.165) is 45.2 Å². The third-order valence-corrected chi connectivity index (χ3v) is 3.94. The van der Waals surface area contributed by atoms with Crippen LogP contribution in [0.4, 0.5) is 0 Å². The van der Waals surface area contributed by atoms with Crippen LogP contribution in [-0.2, 0) is 9.53 Å². The summed E-state index contributed by atoms with van der Waals surface area (Å²) >= 11 is 0. The average Bonchev–Trinajstić information content (AvgIpc) is 2.55. The van der Waals surface area contributed by atoms with Crippen LogP contribution in [0, 0.1) is 0 Å². The summed E-state index contributed by atoms with van der Waals surface area (Å²) in [5.74, 6) is 0.987. The smallest absolute Gasteiger partial charge is 0.234 e. The highest BCUT2D eigenvalue weighted by molar-refractivity contribution is 5.80. The summed E-state index contributed by atoms with van der Waals surface area (Å²) in [7, 11) is 3.45. The number of guanidine groups is 1. The standard InChI is InChI=1S/C17H36N6O2/c1-17(2,3)21-7-6-20-16(18-4)23-11-9-22(10-12-23)14-15(24)19-8-13-25-5/h21H,6-14H2,1-5H3,(H,18,20)(H,19,24). The minimum Gasteiger partial charge on any atom is -0.383 e. The Labute approximate surface area is 152 Å². The monoisotopic (exact) mass is 356 g/mol. The number of carbonyl (C=O) groups is 1. The van der Waals surface area contributed by atoms with Gasteiger partial charge in [-0.2, -0.15) is 0 Å². The Kier molecular flexibility index (Phi) is 9.77. The number of aliphatic imine (C=N–C) groups is 1. The van der Waals surface area contributed by atoms with Crippen LogP contribution >= 0.6 is 0 Å². The fourth-order valence-corrected chi connectivity index (χ4v) is 2.61. The van der Waals surface area contributed by atoms with Crippen molar-refractivity contribution in [3.8, 4) is 0 Å². The molecule has 0 unspecified atom stereocenters. The fraction of sp³-hybridized carbons (Fsp3) is 0.882. The molecule has 1 aliphatic heterocycles. The zero-order valence-corrected chi connectivity index (χ0v) is 16.5. The van der Waals surface area contributed by atoms with E-state index in [0.29, 0.717) is 19.7 Å². The molecule has 1 heterocycles. The Morgan fingerprint density at radius 2 is 1.76 bits per heavy atom. The predicted octanol–water partition coefficient (Wildman–Crippen LogP) is -0.670. The van der Waals surface area contributed by atoms with Gasteiger partial charge in [-0.1, -0.05) is 0 Å². The summed E-state index contributed by atoms with van der Waals surface area (Å²) in [6.07, 6.45) is 0. The van der Waals surface area contributed by atoms with Crippen molar-refractivity contribution in [2.45, 2.75) is 26.3 Å². The van der Waals surface area contributed by atoms with Crippen LogP contribution in [0.5, 0.6) is 0 Å². The molecule has 0 aromatic carbocycles. The molecule has 25 heavy (non-hydrogen) atoms. The van der Waals surface area contributed by atoms with Crippen molar-refractivity contribution in [2.75, 3.05) is 73.1 Å². The first kappa shape index (κ1) is 21.7. The van der Waals surface area contributed by atoms with E-state index in [1.54, 1.807) is 7.11 Å². The fourth-order valence-electron chi connectivity index (χ4n) is 2.61. The first-order valence-electron chi connectivity index (χ1n) is 9.04. The second-order valence-corrected chi connectivity index (χ2v) is 7.26. The Balaban J connectivity index is 2.25. The van der Waals surface area contributed by atoms with Crippen molar-refractivity contribution < 1.29 is 9.53 Å². The van der Waals surface area contributed by atoms with E-state index in [4.69, 9.17) is 4.74 Å². The molecule has 1 aliphatic rings. The molecule has 8 nitrogen and oxygen atoms in total. The summed E-state index contributed by atoms with van der Waals surface area (Å²) in [5.41, 5.74) is 0.126. The molecule has 1 fully saturated rings. The van der Waals surface area contributed by atoms with Crippen LogP contribution in [0.1, 0.15) is 20.8 Å². The molecule has 0 saturated carbocycles. The topological polar surface area (TPSA) is 81.2 Å². The second-order valence-electron chi connectivity index (χ2n) is 7.26. The molecule has 0 spiro atoms. The van der Waals surface area contributed by atoms with Crippen molar-refractivity contribution in [2.24, 2.45) is 4.99 Å². The van der Waals surface area contributed by atoms with Crippen molar-refractivity contribution in [1.29, 1.82) is 0 Å². The van der Waals surface area contributed by atoms with Gasteiger partial charge in [-0.25, -0.2) is 0 Å². The van der Waals surface area contributed by atoms with Crippen LogP contribution in [0.2, 0.25) is 0 Å². The number of piperazine rings is 1.